The summed E-state index contributed by atoms with van der Waals surface area (Å²) in [5.41, 5.74) is 1.80. The first kappa shape index (κ1) is 20.0. The summed E-state index contributed by atoms with van der Waals surface area (Å²) in [6.45, 7) is 12.3. The predicted molar refractivity (Wildman–Crippen MR) is 117 cm³/mol. The number of rotatable bonds is 5. The molecule has 3 fully saturated rings. The van der Waals surface area contributed by atoms with E-state index in [1.807, 2.05) is 6.08 Å². The van der Waals surface area contributed by atoms with Gasteiger partial charge in [-0.1, -0.05) is 66.0 Å². The molecule has 1 heterocycles. The van der Waals surface area contributed by atoms with Crippen molar-refractivity contribution in [3.63, 3.8) is 0 Å². The molecule has 1 aliphatic heterocycles. The molecule has 160 valence electrons. The number of ether oxygens (including phenoxy) is 1. The normalized spacial score (nSPS) is 48.5. The van der Waals surface area contributed by atoms with Crippen molar-refractivity contribution in [2.45, 2.75) is 91.8 Å². The molecule has 29 heavy (non-hydrogen) atoms. The summed E-state index contributed by atoms with van der Waals surface area (Å²) in [5.74, 6) is 4.89. The van der Waals surface area contributed by atoms with Crippen molar-refractivity contribution >= 4 is 5.78 Å². The molecule has 0 spiro atoms. The number of hydrogen-bond acceptors (Lipinski definition) is 2. The van der Waals surface area contributed by atoms with Gasteiger partial charge in [0.25, 0.3) is 0 Å². The molecule has 0 radical (unpaired) electrons. The Labute approximate surface area is 177 Å². The number of hydrogen-bond donors (Lipinski definition) is 0. The molecule has 0 bridgehead atoms. The molecule has 0 aromatic heterocycles. The van der Waals surface area contributed by atoms with Crippen molar-refractivity contribution in [2.24, 2.45) is 46.3 Å². The zero-order valence-electron chi connectivity index (χ0n) is 19.1. The summed E-state index contributed by atoms with van der Waals surface area (Å²) < 4.78 is 5.94. The highest BCUT2D eigenvalue weighted by Gasteiger charge is 2.66. The van der Waals surface area contributed by atoms with Gasteiger partial charge in [-0.3, -0.25) is 4.79 Å². The van der Waals surface area contributed by atoms with E-state index in [-0.39, 0.29) is 23.4 Å². The minimum Gasteiger partial charge on any atom is -0.360 e. The van der Waals surface area contributed by atoms with E-state index in [2.05, 4.69) is 46.8 Å². The Hall–Kier alpha value is -0.890. The van der Waals surface area contributed by atoms with Crippen molar-refractivity contribution in [3.8, 4) is 0 Å². The van der Waals surface area contributed by atoms with E-state index < -0.39 is 0 Å². The van der Waals surface area contributed by atoms with E-state index >= 15 is 0 Å². The smallest absolute Gasteiger partial charge is 0.187 e. The minimum absolute atomic E-state index is 0.0558. The van der Waals surface area contributed by atoms with Gasteiger partial charge in [0.05, 0.1) is 0 Å². The number of fused-ring (bicyclic) bond motifs is 7. The van der Waals surface area contributed by atoms with Gasteiger partial charge in [0.1, 0.15) is 12.2 Å². The fourth-order valence-electron chi connectivity index (χ4n) is 8.39. The molecule has 0 aromatic rings. The third-order valence-electron chi connectivity index (χ3n) is 10.1. The van der Waals surface area contributed by atoms with Crippen LogP contribution in [0.25, 0.3) is 0 Å². The van der Waals surface area contributed by atoms with Crippen LogP contribution in [0.5, 0.6) is 0 Å². The van der Waals surface area contributed by atoms with Crippen molar-refractivity contribution in [3.05, 3.63) is 23.8 Å². The Kier molecular flexibility index (Phi) is 4.70. The predicted octanol–water partition coefficient (Wildman–Crippen LogP) is 6.36. The second kappa shape index (κ2) is 6.81. The van der Waals surface area contributed by atoms with Crippen molar-refractivity contribution in [1.82, 2.24) is 0 Å². The van der Waals surface area contributed by atoms with Crippen molar-refractivity contribution in [2.75, 3.05) is 0 Å². The molecule has 5 rings (SSSR count). The SMILES string of the molecule is CC(C)CCC[C@@H](C)[C@H]1CC[C@H]2[C@@H]3C=CC4=CC(=O)[C@@H]5OC5[C@]4(C)[C@H]3CC[C@]12C. The Bertz CT molecular complexity index is 748. The van der Waals surface area contributed by atoms with Gasteiger partial charge in [0.15, 0.2) is 5.78 Å². The zero-order valence-corrected chi connectivity index (χ0v) is 19.1. The fraction of sp³-hybridized carbons (Fsp3) is 0.815. The molecule has 4 aliphatic carbocycles. The van der Waals surface area contributed by atoms with Crippen LogP contribution in [0.2, 0.25) is 0 Å². The van der Waals surface area contributed by atoms with E-state index in [0.29, 0.717) is 17.3 Å². The second-order valence-corrected chi connectivity index (χ2v) is 11.9. The first-order valence-corrected chi connectivity index (χ1v) is 12.4. The lowest BCUT2D eigenvalue weighted by molar-refractivity contribution is -0.116. The van der Waals surface area contributed by atoms with Crippen LogP contribution in [0, 0.1) is 46.3 Å². The third kappa shape index (κ3) is 2.87. The summed E-state index contributed by atoms with van der Waals surface area (Å²) in [6, 6.07) is 0. The fourth-order valence-corrected chi connectivity index (χ4v) is 8.39. The van der Waals surface area contributed by atoms with Gasteiger partial charge in [0, 0.05) is 5.41 Å². The van der Waals surface area contributed by atoms with E-state index in [1.54, 1.807) is 0 Å². The maximum Gasteiger partial charge on any atom is 0.187 e. The third-order valence-corrected chi connectivity index (χ3v) is 10.1. The molecule has 1 saturated heterocycles. The number of epoxide rings is 1. The lowest BCUT2D eigenvalue weighted by Crippen LogP contribution is -2.51. The van der Waals surface area contributed by atoms with Crippen LogP contribution in [0.1, 0.15) is 79.6 Å². The Morgan fingerprint density at radius 3 is 2.66 bits per heavy atom. The van der Waals surface area contributed by atoms with Crippen LogP contribution in [0.15, 0.2) is 23.8 Å². The van der Waals surface area contributed by atoms with Crippen LogP contribution in [0.4, 0.5) is 0 Å². The first-order chi connectivity index (χ1) is 13.8. The average molecular weight is 397 g/mol. The van der Waals surface area contributed by atoms with Gasteiger partial charge in [0.2, 0.25) is 0 Å². The largest absolute Gasteiger partial charge is 0.360 e. The summed E-state index contributed by atoms with van der Waals surface area (Å²) in [4.78, 5) is 12.2. The van der Waals surface area contributed by atoms with Crippen LogP contribution in [0.3, 0.4) is 0 Å². The molecule has 0 N–H and O–H groups in total. The molecule has 1 unspecified atom stereocenters. The highest BCUT2D eigenvalue weighted by molar-refractivity contribution is 5.98. The Balaban J connectivity index is 1.37. The maximum atomic E-state index is 12.2. The molecule has 2 heteroatoms. The van der Waals surface area contributed by atoms with Crippen LogP contribution in [-0.4, -0.2) is 18.0 Å². The summed E-state index contributed by atoms with van der Waals surface area (Å²) in [7, 11) is 0. The van der Waals surface area contributed by atoms with E-state index in [9.17, 15) is 4.79 Å². The monoisotopic (exact) mass is 396 g/mol. The summed E-state index contributed by atoms with van der Waals surface area (Å²) in [5, 5.41) is 0. The standard InChI is InChI=1S/C27H40O2/c1-16(2)7-6-8-17(3)20-11-12-21-19-10-9-18-15-23(28)24-25(29-24)27(18,5)22(19)13-14-26(20,21)4/h9-10,15-17,19-22,24-25H,6-8,11-14H2,1-5H3/t17-,19+,20-,21+,22+,24+,25?,26-,27+/m1/s1. The summed E-state index contributed by atoms with van der Waals surface area (Å²) >= 11 is 0. The molecule has 5 aliphatic rings. The van der Waals surface area contributed by atoms with Gasteiger partial charge in [-0.15, -0.1) is 0 Å². The molecule has 2 saturated carbocycles. The minimum atomic E-state index is -0.137. The Morgan fingerprint density at radius 2 is 1.90 bits per heavy atom. The lowest BCUT2D eigenvalue weighted by atomic mass is 9.48. The zero-order chi connectivity index (χ0) is 20.6. The van der Waals surface area contributed by atoms with E-state index in [0.717, 1.165) is 23.7 Å². The molecular weight excluding hydrogens is 356 g/mol. The number of carbonyl (C=O) groups excluding carboxylic acids is 1. The topological polar surface area (TPSA) is 29.6 Å². The van der Waals surface area contributed by atoms with Crippen LogP contribution >= 0.6 is 0 Å². The molecule has 9 atom stereocenters. The molecule has 2 nitrogen and oxygen atoms in total. The van der Waals surface area contributed by atoms with Gasteiger partial charge in [-0.05, 0) is 78.3 Å². The van der Waals surface area contributed by atoms with Gasteiger partial charge < -0.3 is 4.74 Å². The Morgan fingerprint density at radius 1 is 1.10 bits per heavy atom. The van der Waals surface area contributed by atoms with Crippen molar-refractivity contribution in [1.29, 1.82) is 0 Å². The van der Waals surface area contributed by atoms with E-state index in [1.165, 1.54) is 50.5 Å². The highest BCUT2D eigenvalue weighted by atomic mass is 16.6. The van der Waals surface area contributed by atoms with Gasteiger partial charge in [-0.25, -0.2) is 0 Å². The highest BCUT2D eigenvalue weighted by Crippen LogP contribution is 2.68. The molecular formula is C27H40O2. The average Bonchev–Trinajstić information content (AvgIpc) is 3.40. The van der Waals surface area contributed by atoms with Gasteiger partial charge >= 0.3 is 0 Å². The van der Waals surface area contributed by atoms with Gasteiger partial charge in [-0.2, -0.15) is 0 Å². The maximum absolute atomic E-state index is 12.2. The van der Waals surface area contributed by atoms with Crippen molar-refractivity contribution < 1.29 is 9.53 Å². The summed E-state index contributed by atoms with van der Waals surface area (Å²) in [6.07, 6.45) is 16.4. The number of ketones is 1. The quantitative estimate of drug-likeness (QED) is 0.506. The molecule has 0 aromatic carbocycles. The van der Waals surface area contributed by atoms with Crippen LogP contribution in [-0.2, 0) is 9.53 Å². The number of carbonyl (C=O) groups is 1. The van der Waals surface area contributed by atoms with E-state index in [4.69, 9.17) is 4.74 Å². The number of allylic oxidation sites excluding steroid dienone is 2. The molecule has 0 amide bonds. The second-order valence-electron chi connectivity index (χ2n) is 11.9. The van der Waals surface area contributed by atoms with Crippen LogP contribution < -0.4 is 0 Å². The lowest BCUT2D eigenvalue weighted by Gasteiger charge is -2.56. The first-order valence-electron chi connectivity index (χ1n) is 12.4.